The summed E-state index contributed by atoms with van der Waals surface area (Å²) in [4.78, 5) is 0. The van der Waals surface area contributed by atoms with Gasteiger partial charge in [0.05, 0.1) is 17.4 Å². The van der Waals surface area contributed by atoms with E-state index in [1.807, 2.05) is 7.05 Å². The van der Waals surface area contributed by atoms with E-state index in [2.05, 4.69) is 46.5 Å². The minimum Gasteiger partial charge on any atom is -0.486 e. The summed E-state index contributed by atoms with van der Waals surface area (Å²) in [5.74, 6) is 0.819. The van der Waals surface area contributed by atoms with Crippen molar-refractivity contribution in [2.24, 2.45) is 0 Å². The summed E-state index contributed by atoms with van der Waals surface area (Å²) in [7, 11) is 1.92. The fourth-order valence-corrected chi connectivity index (χ4v) is 4.21. The SMILES string of the molecule is CNC1CC(C)NC(Nc2cc3c(c(C4=CCN[C@H](C)CC4)c2F)OCCO3)N1. The number of halogens is 1. The Kier molecular flexibility index (Phi) is 6.24. The Morgan fingerprint density at radius 1 is 1.14 bits per heavy atom. The molecular formula is C21H32FN5O2. The van der Waals surface area contributed by atoms with Crippen LogP contribution in [0, 0.1) is 5.82 Å². The van der Waals surface area contributed by atoms with Crippen molar-refractivity contribution in [1.29, 1.82) is 0 Å². The number of benzene rings is 1. The normalized spacial score (nSPS) is 29.7. The molecule has 4 rings (SSSR count). The molecule has 0 amide bonds. The Labute approximate surface area is 171 Å². The van der Waals surface area contributed by atoms with Crippen molar-refractivity contribution in [3.8, 4) is 11.5 Å². The molecule has 0 radical (unpaired) electrons. The van der Waals surface area contributed by atoms with Gasteiger partial charge in [-0.15, -0.1) is 0 Å². The largest absolute Gasteiger partial charge is 0.486 e. The van der Waals surface area contributed by atoms with Gasteiger partial charge in [-0.3, -0.25) is 10.6 Å². The topological polar surface area (TPSA) is 78.6 Å². The monoisotopic (exact) mass is 405 g/mol. The van der Waals surface area contributed by atoms with Gasteiger partial charge >= 0.3 is 0 Å². The van der Waals surface area contributed by atoms with Gasteiger partial charge in [-0.05, 0) is 45.7 Å². The molecule has 3 unspecified atom stereocenters. The molecule has 0 aromatic heterocycles. The third-order valence-corrected chi connectivity index (χ3v) is 5.81. The molecule has 7 nitrogen and oxygen atoms in total. The third-order valence-electron chi connectivity index (χ3n) is 5.81. The molecule has 5 N–H and O–H groups in total. The number of fused-ring (bicyclic) bond motifs is 1. The summed E-state index contributed by atoms with van der Waals surface area (Å²) in [5, 5.41) is 16.8. The molecule has 1 fully saturated rings. The summed E-state index contributed by atoms with van der Waals surface area (Å²) in [6.45, 7) is 5.89. The zero-order chi connectivity index (χ0) is 20.4. The van der Waals surface area contributed by atoms with Crippen LogP contribution < -0.4 is 36.1 Å². The predicted octanol–water partition coefficient (Wildman–Crippen LogP) is 1.96. The Balaban J connectivity index is 1.67. The van der Waals surface area contributed by atoms with Crippen LogP contribution in [0.3, 0.4) is 0 Å². The second kappa shape index (κ2) is 8.87. The van der Waals surface area contributed by atoms with Crippen LogP contribution in [0.1, 0.15) is 38.7 Å². The first kappa shape index (κ1) is 20.4. The lowest BCUT2D eigenvalue weighted by Gasteiger charge is -2.37. The van der Waals surface area contributed by atoms with E-state index in [0.29, 0.717) is 48.0 Å². The second-order valence-corrected chi connectivity index (χ2v) is 8.10. The number of ether oxygens (including phenoxy) is 2. The van der Waals surface area contributed by atoms with Gasteiger partial charge in [0.25, 0.3) is 0 Å². The van der Waals surface area contributed by atoms with Gasteiger partial charge in [0, 0.05) is 24.7 Å². The van der Waals surface area contributed by atoms with Crippen molar-refractivity contribution < 1.29 is 13.9 Å². The van der Waals surface area contributed by atoms with Crippen LogP contribution in [0.4, 0.5) is 10.1 Å². The smallest absolute Gasteiger partial charge is 0.171 e. The van der Waals surface area contributed by atoms with E-state index >= 15 is 4.39 Å². The molecule has 8 heteroatoms. The molecule has 0 spiro atoms. The van der Waals surface area contributed by atoms with Crippen molar-refractivity contribution in [2.75, 3.05) is 32.1 Å². The maximum atomic E-state index is 15.8. The van der Waals surface area contributed by atoms with Crippen molar-refractivity contribution in [3.63, 3.8) is 0 Å². The van der Waals surface area contributed by atoms with Crippen LogP contribution >= 0.6 is 0 Å². The molecule has 160 valence electrons. The molecule has 0 aliphatic carbocycles. The van der Waals surface area contributed by atoms with E-state index in [0.717, 1.165) is 31.4 Å². The zero-order valence-corrected chi connectivity index (χ0v) is 17.4. The highest BCUT2D eigenvalue weighted by molar-refractivity contribution is 5.78. The number of hydrogen-bond acceptors (Lipinski definition) is 7. The third kappa shape index (κ3) is 4.50. The summed E-state index contributed by atoms with van der Waals surface area (Å²) in [6.07, 6.45) is 4.66. The molecule has 1 aromatic carbocycles. The van der Waals surface area contributed by atoms with Crippen LogP contribution in [0.25, 0.3) is 5.57 Å². The first-order valence-corrected chi connectivity index (χ1v) is 10.6. The molecule has 4 atom stereocenters. The Morgan fingerprint density at radius 3 is 2.79 bits per heavy atom. The lowest BCUT2D eigenvalue weighted by molar-refractivity contribution is 0.170. The van der Waals surface area contributed by atoms with Crippen LogP contribution in [0.5, 0.6) is 11.5 Å². The molecule has 3 aliphatic rings. The average Bonchev–Trinajstić information content (AvgIpc) is 2.92. The zero-order valence-electron chi connectivity index (χ0n) is 17.4. The minimum atomic E-state index is -0.294. The molecule has 29 heavy (non-hydrogen) atoms. The van der Waals surface area contributed by atoms with Gasteiger partial charge in [0.1, 0.15) is 19.5 Å². The van der Waals surface area contributed by atoms with E-state index in [9.17, 15) is 0 Å². The number of anilines is 1. The summed E-state index contributed by atoms with van der Waals surface area (Å²) in [5.41, 5.74) is 1.90. The van der Waals surface area contributed by atoms with Gasteiger partial charge in [-0.1, -0.05) is 6.08 Å². The van der Waals surface area contributed by atoms with Crippen molar-refractivity contribution in [2.45, 2.75) is 57.6 Å². The van der Waals surface area contributed by atoms with Gasteiger partial charge in [-0.2, -0.15) is 0 Å². The minimum absolute atomic E-state index is 0.153. The maximum absolute atomic E-state index is 15.8. The summed E-state index contributed by atoms with van der Waals surface area (Å²) >= 11 is 0. The van der Waals surface area contributed by atoms with Crippen molar-refractivity contribution in [3.05, 3.63) is 23.5 Å². The number of allylic oxidation sites excluding steroid dienone is 1. The van der Waals surface area contributed by atoms with Crippen LogP contribution in [-0.4, -0.2) is 51.3 Å². The lowest BCUT2D eigenvalue weighted by Crippen LogP contribution is -2.63. The Morgan fingerprint density at radius 2 is 1.97 bits per heavy atom. The average molecular weight is 406 g/mol. The molecule has 1 saturated heterocycles. The van der Waals surface area contributed by atoms with Crippen molar-refractivity contribution >= 4 is 11.3 Å². The second-order valence-electron chi connectivity index (χ2n) is 8.10. The van der Waals surface area contributed by atoms with Gasteiger partial charge in [0.15, 0.2) is 17.3 Å². The fourth-order valence-electron chi connectivity index (χ4n) is 4.21. The molecule has 3 aliphatic heterocycles. The van der Waals surface area contributed by atoms with Gasteiger partial charge in [0.2, 0.25) is 0 Å². The lowest BCUT2D eigenvalue weighted by atomic mass is 9.97. The highest BCUT2D eigenvalue weighted by Gasteiger charge is 2.29. The fraction of sp³-hybridized carbons (Fsp3) is 0.619. The first-order valence-electron chi connectivity index (χ1n) is 10.6. The summed E-state index contributed by atoms with van der Waals surface area (Å²) in [6, 6.07) is 2.41. The molecular weight excluding hydrogens is 373 g/mol. The number of nitrogens with one attached hydrogen (secondary N) is 5. The first-order chi connectivity index (χ1) is 14.0. The maximum Gasteiger partial charge on any atom is 0.171 e. The van der Waals surface area contributed by atoms with Crippen molar-refractivity contribution in [1.82, 2.24) is 21.3 Å². The van der Waals surface area contributed by atoms with Gasteiger partial charge in [-0.25, -0.2) is 4.39 Å². The Bertz CT molecular complexity index is 772. The standard InChI is InChI=1S/C21H32FN5O2/c1-12-4-5-14(6-7-24-12)18-19(22)15(11-16-20(18)29-9-8-28-16)26-21-25-13(2)10-17(23-3)27-21/h6,11-13,17,21,23-27H,4-5,7-10H2,1-3H3/t12-,13?,17?,21?/m1/s1. The number of hydrogen-bond donors (Lipinski definition) is 5. The summed E-state index contributed by atoms with van der Waals surface area (Å²) < 4.78 is 27.5. The van der Waals surface area contributed by atoms with E-state index in [1.54, 1.807) is 6.07 Å². The van der Waals surface area contributed by atoms with Crippen LogP contribution in [-0.2, 0) is 0 Å². The van der Waals surface area contributed by atoms with Gasteiger partial charge < -0.3 is 25.4 Å². The van der Waals surface area contributed by atoms with E-state index in [1.165, 1.54) is 0 Å². The molecule has 1 aromatic rings. The van der Waals surface area contributed by atoms with E-state index in [4.69, 9.17) is 9.47 Å². The predicted molar refractivity (Wildman–Crippen MR) is 113 cm³/mol. The van der Waals surface area contributed by atoms with Crippen LogP contribution in [0.2, 0.25) is 0 Å². The molecule has 0 bridgehead atoms. The molecule has 0 saturated carbocycles. The Hall–Kier alpha value is -1.87. The van der Waals surface area contributed by atoms with E-state index in [-0.39, 0.29) is 18.3 Å². The van der Waals surface area contributed by atoms with Crippen LogP contribution in [0.15, 0.2) is 12.1 Å². The number of rotatable bonds is 4. The molecule has 3 heterocycles. The van der Waals surface area contributed by atoms with E-state index < -0.39 is 0 Å². The quantitative estimate of drug-likeness (QED) is 0.524. The highest BCUT2D eigenvalue weighted by Crippen LogP contribution is 2.44. The highest BCUT2D eigenvalue weighted by atomic mass is 19.1.